The van der Waals surface area contributed by atoms with E-state index in [0.29, 0.717) is 35.9 Å². The molecule has 2 N–H and O–H groups in total. The number of carbonyl (C=O) groups excluding carboxylic acids is 1. The number of rotatable bonds is 6. The van der Waals surface area contributed by atoms with Gasteiger partial charge < -0.3 is 5.32 Å². The van der Waals surface area contributed by atoms with Crippen LogP contribution in [0.3, 0.4) is 0 Å². The van der Waals surface area contributed by atoms with Crippen LogP contribution in [0.15, 0.2) is 39.9 Å². The van der Waals surface area contributed by atoms with E-state index in [0.717, 1.165) is 0 Å². The van der Waals surface area contributed by atoms with Gasteiger partial charge in [-0.2, -0.15) is 4.68 Å². The molecule has 0 spiro atoms. The van der Waals surface area contributed by atoms with Gasteiger partial charge in [0.1, 0.15) is 0 Å². The minimum absolute atomic E-state index is 0.0171. The molecule has 1 aromatic carbocycles. The lowest BCUT2D eigenvalue weighted by molar-refractivity contribution is 0.102. The molecule has 0 saturated heterocycles. The van der Waals surface area contributed by atoms with Gasteiger partial charge in [-0.25, -0.2) is 9.78 Å². The average molecular weight is 448 g/mol. The van der Waals surface area contributed by atoms with Crippen LogP contribution < -0.4 is 16.6 Å². The van der Waals surface area contributed by atoms with E-state index in [2.05, 4.69) is 30.8 Å². The Morgan fingerprint density at radius 2 is 2.00 bits per heavy atom. The third kappa shape index (κ3) is 4.16. The lowest BCUT2D eigenvalue weighted by Gasteiger charge is -2.15. The van der Waals surface area contributed by atoms with Crippen LogP contribution in [-0.2, 0) is 6.54 Å². The molecule has 0 aliphatic carbocycles. The van der Waals surface area contributed by atoms with Crippen LogP contribution in [0.2, 0.25) is 0 Å². The van der Waals surface area contributed by atoms with E-state index in [1.807, 2.05) is 26.8 Å². The van der Waals surface area contributed by atoms with Crippen molar-refractivity contribution in [2.45, 2.75) is 46.6 Å². The lowest BCUT2D eigenvalue weighted by atomic mass is 10.0. The summed E-state index contributed by atoms with van der Waals surface area (Å²) in [5.74, 6) is 0.0965. The van der Waals surface area contributed by atoms with Crippen LogP contribution in [0.4, 0.5) is 5.69 Å². The van der Waals surface area contributed by atoms with Crippen molar-refractivity contribution in [1.82, 2.24) is 34.7 Å². The maximum atomic E-state index is 13.3. The number of nitrogens with zero attached hydrogens (tertiary/aromatic N) is 6. The first-order valence-electron chi connectivity index (χ1n) is 10.6. The molecule has 0 atom stereocenters. The number of aromatic nitrogens is 7. The summed E-state index contributed by atoms with van der Waals surface area (Å²) in [6, 6.07) is 8.64. The number of anilines is 1. The van der Waals surface area contributed by atoms with E-state index in [1.54, 1.807) is 35.9 Å². The van der Waals surface area contributed by atoms with Gasteiger partial charge in [-0.1, -0.05) is 26.8 Å². The Balaban J connectivity index is 1.83. The highest BCUT2D eigenvalue weighted by Gasteiger charge is 2.20. The topological polar surface area (TPSA) is 140 Å². The molecule has 11 nitrogen and oxygen atoms in total. The fourth-order valence-corrected chi connectivity index (χ4v) is 3.58. The largest absolute Gasteiger partial charge is 0.329 e. The molecule has 170 valence electrons. The number of amides is 1. The van der Waals surface area contributed by atoms with Crippen molar-refractivity contribution in [2.24, 2.45) is 0 Å². The molecule has 0 fully saturated rings. The van der Waals surface area contributed by atoms with Gasteiger partial charge in [-0.15, -0.1) is 5.10 Å². The molecule has 4 rings (SSSR count). The molecule has 0 radical (unpaired) electrons. The SMILES string of the molecule is CCCn1c(=O)[nH]c(=O)c2c(C(=O)Nc3cccc(-n4nnnc4C)c3)cc(C(C)C)nc21. The third-order valence-electron chi connectivity index (χ3n) is 5.23. The van der Waals surface area contributed by atoms with Crippen molar-refractivity contribution in [2.75, 3.05) is 5.32 Å². The molecule has 3 aromatic heterocycles. The van der Waals surface area contributed by atoms with E-state index in [4.69, 9.17) is 0 Å². The Bertz CT molecular complexity index is 1460. The second-order valence-electron chi connectivity index (χ2n) is 8.00. The Hall–Kier alpha value is -4.15. The first kappa shape index (κ1) is 22.1. The summed E-state index contributed by atoms with van der Waals surface area (Å²) >= 11 is 0. The third-order valence-corrected chi connectivity index (χ3v) is 5.23. The number of aryl methyl sites for hydroxylation is 2. The van der Waals surface area contributed by atoms with Gasteiger partial charge in [0, 0.05) is 17.9 Å². The minimum Gasteiger partial charge on any atom is -0.322 e. The predicted molar refractivity (Wildman–Crippen MR) is 123 cm³/mol. The average Bonchev–Trinajstić information content (AvgIpc) is 3.21. The van der Waals surface area contributed by atoms with Gasteiger partial charge in [0.25, 0.3) is 11.5 Å². The number of fused-ring (bicyclic) bond motifs is 1. The Morgan fingerprint density at radius 1 is 1.21 bits per heavy atom. The predicted octanol–water partition coefficient (Wildman–Crippen LogP) is 2.15. The van der Waals surface area contributed by atoms with Gasteiger partial charge in [-0.3, -0.25) is 19.1 Å². The van der Waals surface area contributed by atoms with Crippen molar-refractivity contribution in [3.8, 4) is 5.69 Å². The number of hydrogen-bond donors (Lipinski definition) is 2. The number of carbonyl (C=O) groups is 1. The standard InChI is InChI=1S/C22H24N8O3/c1-5-9-29-19-18(21(32)25-22(29)33)16(11-17(24-19)12(2)3)20(31)23-14-7-6-8-15(10-14)30-13(4)26-27-28-30/h6-8,10-12H,5,9H2,1-4H3,(H,23,31)(H,25,32,33). The highest BCUT2D eigenvalue weighted by atomic mass is 16.2. The van der Waals surface area contributed by atoms with Gasteiger partial charge in [0.05, 0.1) is 16.6 Å². The Morgan fingerprint density at radius 3 is 2.67 bits per heavy atom. The highest BCUT2D eigenvalue weighted by Crippen LogP contribution is 2.22. The monoisotopic (exact) mass is 448 g/mol. The quantitative estimate of drug-likeness (QED) is 0.460. The first-order chi connectivity index (χ1) is 15.8. The fourth-order valence-electron chi connectivity index (χ4n) is 3.58. The zero-order valence-electron chi connectivity index (χ0n) is 18.8. The van der Waals surface area contributed by atoms with Crippen LogP contribution >= 0.6 is 0 Å². The highest BCUT2D eigenvalue weighted by molar-refractivity contribution is 6.12. The van der Waals surface area contributed by atoms with Crippen molar-refractivity contribution in [1.29, 1.82) is 0 Å². The maximum absolute atomic E-state index is 13.3. The van der Waals surface area contributed by atoms with Crippen LogP contribution in [0.1, 0.15) is 55.0 Å². The number of benzene rings is 1. The molecule has 0 bridgehead atoms. The van der Waals surface area contributed by atoms with Gasteiger partial charge >= 0.3 is 5.69 Å². The Kier molecular flexibility index (Phi) is 5.86. The summed E-state index contributed by atoms with van der Waals surface area (Å²) in [6.45, 7) is 7.92. The number of aromatic amines is 1. The summed E-state index contributed by atoms with van der Waals surface area (Å²) in [5.41, 5.74) is 0.959. The molecule has 33 heavy (non-hydrogen) atoms. The Labute approximate surface area is 188 Å². The number of tetrazole rings is 1. The van der Waals surface area contributed by atoms with Crippen LogP contribution in [0.5, 0.6) is 0 Å². The summed E-state index contributed by atoms with van der Waals surface area (Å²) < 4.78 is 2.95. The molecular formula is C22H24N8O3. The maximum Gasteiger partial charge on any atom is 0.329 e. The summed E-state index contributed by atoms with van der Waals surface area (Å²) in [6.07, 6.45) is 0.666. The number of H-pyrrole nitrogens is 1. The van der Waals surface area contributed by atoms with Crippen molar-refractivity contribution in [3.63, 3.8) is 0 Å². The molecular weight excluding hydrogens is 424 g/mol. The second kappa shape index (κ2) is 8.77. The summed E-state index contributed by atoms with van der Waals surface area (Å²) in [5, 5.41) is 14.4. The minimum atomic E-state index is -0.645. The number of hydrogen-bond acceptors (Lipinski definition) is 7. The smallest absolute Gasteiger partial charge is 0.322 e. The molecule has 11 heteroatoms. The molecule has 0 aliphatic rings. The lowest BCUT2D eigenvalue weighted by Crippen LogP contribution is -2.32. The van der Waals surface area contributed by atoms with E-state index in [1.165, 1.54) is 4.57 Å². The zero-order chi connectivity index (χ0) is 23.7. The van der Waals surface area contributed by atoms with Crippen molar-refractivity contribution in [3.05, 3.63) is 68.3 Å². The van der Waals surface area contributed by atoms with Gasteiger partial charge in [-0.05, 0) is 54.0 Å². The fraction of sp³-hybridized carbons (Fsp3) is 0.318. The summed E-state index contributed by atoms with van der Waals surface area (Å²) in [4.78, 5) is 45.4. The van der Waals surface area contributed by atoms with Crippen LogP contribution in [0.25, 0.3) is 16.7 Å². The molecule has 0 saturated carbocycles. The molecule has 0 aliphatic heterocycles. The molecule has 1 amide bonds. The van der Waals surface area contributed by atoms with Gasteiger partial charge in [0.15, 0.2) is 11.5 Å². The molecule has 4 aromatic rings. The number of nitrogens with one attached hydrogen (secondary N) is 2. The molecule has 0 unspecified atom stereocenters. The van der Waals surface area contributed by atoms with E-state index in [9.17, 15) is 14.4 Å². The van der Waals surface area contributed by atoms with Crippen LogP contribution in [-0.4, -0.2) is 40.6 Å². The van der Waals surface area contributed by atoms with E-state index < -0.39 is 17.2 Å². The van der Waals surface area contributed by atoms with Gasteiger partial charge in [0.2, 0.25) is 0 Å². The van der Waals surface area contributed by atoms with Crippen molar-refractivity contribution < 1.29 is 4.79 Å². The second-order valence-corrected chi connectivity index (χ2v) is 8.00. The first-order valence-corrected chi connectivity index (χ1v) is 10.6. The van der Waals surface area contributed by atoms with Crippen molar-refractivity contribution >= 4 is 22.6 Å². The van der Waals surface area contributed by atoms with E-state index in [-0.39, 0.29) is 22.5 Å². The zero-order valence-corrected chi connectivity index (χ0v) is 18.8. The normalized spacial score (nSPS) is 11.3. The summed E-state index contributed by atoms with van der Waals surface area (Å²) in [7, 11) is 0. The number of pyridine rings is 1. The van der Waals surface area contributed by atoms with Crippen LogP contribution in [0, 0.1) is 6.92 Å². The van der Waals surface area contributed by atoms with E-state index >= 15 is 0 Å². The molecule has 3 heterocycles.